The molecule has 0 saturated carbocycles. The molecule has 1 aliphatic heterocycles. The molecule has 4 heteroatoms. The minimum atomic E-state index is -0.375. The normalized spacial score (nSPS) is 20.0. The Morgan fingerprint density at radius 2 is 1.75 bits per heavy atom. The van der Waals surface area contributed by atoms with Gasteiger partial charge in [0.15, 0.2) is 0 Å². The van der Waals surface area contributed by atoms with E-state index in [9.17, 15) is 8.78 Å². The summed E-state index contributed by atoms with van der Waals surface area (Å²) in [6.07, 6.45) is 0. The first-order valence-electron chi connectivity index (χ1n) is 4.32. The first-order valence-corrected chi connectivity index (χ1v) is 4.32. The highest BCUT2D eigenvalue weighted by atomic mass is 19.1. The summed E-state index contributed by atoms with van der Waals surface area (Å²) >= 11 is 0. The molecule has 1 saturated heterocycles. The van der Waals surface area contributed by atoms with Gasteiger partial charge in [-0.1, -0.05) is 0 Å². The standard InChI is InChI=1S/C8H16F2N2/c1-11-6-8(7-11)12(4-2-9)5-3-10/h8H,2-7H2,1H3. The van der Waals surface area contributed by atoms with E-state index >= 15 is 0 Å². The molecule has 0 unspecified atom stereocenters. The van der Waals surface area contributed by atoms with E-state index in [-0.39, 0.29) is 13.3 Å². The monoisotopic (exact) mass is 178 g/mol. The molecule has 1 aliphatic rings. The van der Waals surface area contributed by atoms with Crippen LogP contribution in [0.25, 0.3) is 0 Å². The zero-order chi connectivity index (χ0) is 8.97. The van der Waals surface area contributed by atoms with Crippen molar-refractivity contribution >= 4 is 0 Å². The van der Waals surface area contributed by atoms with E-state index in [2.05, 4.69) is 4.90 Å². The maximum absolute atomic E-state index is 12.0. The third kappa shape index (κ3) is 2.38. The quantitative estimate of drug-likeness (QED) is 0.606. The fourth-order valence-electron chi connectivity index (χ4n) is 1.59. The topological polar surface area (TPSA) is 6.48 Å². The van der Waals surface area contributed by atoms with Gasteiger partial charge in [-0.25, -0.2) is 8.78 Å². The van der Waals surface area contributed by atoms with Crippen molar-refractivity contribution in [2.45, 2.75) is 6.04 Å². The Bertz CT molecular complexity index is 120. The van der Waals surface area contributed by atoms with Gasteiger partial charge in [0.05, 0.1) is 0 Å². The van der Waals surface area contributed by atoms with Crippen molar-refractivity contribution in [3.63, 3.8) is 0 Å². The second-order valence-corrected chi connectivity index (χ2v) is 3.29. The van der Waals surface area contributed by atoms with Crippen LogP contribution in [0.3, 0.4) is 0 Å². The molecule has 0 aliphatic carbocycles. The number of halogens is 2. The molecular formula is C8H16F2N2. The van der Waals surface area contributed by atoms with E-state index in [0.717, 1.165) is 13.1 Å². The van der Waals surface area contributed by atoms with Crippen LogP contribution in [0.1, 0.15) is 0 Å². The Morgan fingerprint density at radius 1 is 1.25 bits per heavy atom. The van der Waals surface area contributed by atoms with Crippen LogP contribution >= 0.6 is 0 Å². The summed E-state index contributed by atoms with van der Waals surface area (Å²) in [7, 11) is 2.01. The molecule has 0 radical (unpaired) electrons. The molecule has 0 aromatic carbocycles. The van der Waals surface area contributed by atoms with Gasteiger partial charge in [-0.2, -0.15) is 0 Å². The summed E-state index contributed by atoms with van der Waals surface area (Å²) in [6.45, 7) is 1.89. The average Bonchev–Trinajstić information content (AvgIpc) is 1.99. The van der Waals surface area contributed by atoms with E-state index < -0.39 is 0 Å². The molecule has 0 amide bonds. The molecule has 12 heavy (non-hydrogen) atoms. The van der Waals surface area contributed by atoms with Crippen molar-refractivity contribution < 1.29 is 8.78 Å². The zero-order valence-electron chi connectivity index (χ0n) is 7.47. The SMILES string of the molecule is CN1CC(N(CCF)CCF)C1. The molecule has 0 spiro atoms. The van der Waals surface area contributed by atoms with Crippen LogP contribution in [0.2, 0.25) is 0 Å². The minimum absolute atomic E-state index is 0.375. The number of likely N-dealkylation sites (tertiary alicyclic amines) is 1. The molecule has 0 bridgehead atoms. The first-order chi connectivity index (χ1) is 5.77. The Hall–Kier alpha value is -0.220. The largest absolute Gasteiger partial charge is 0.303 e. The van der Waals surface area contributed by atoms with E-state index in [0.29, 0.717) is 19.1 Å². The van der Waals surface area contributed by atoms with Gasteiger partial charge in [-0.15, -0.1) is 0 Å². The lowest BCUT2D eigenvalue weighted by molar-refractivity contribution is 0.0446. The summed E-state index contributed by atoms with van der Waals surface area (Å²) in [5.41, 5.74) is 0. The van der Waals surface area contributed by atoms with Crippen LogP contribution in [0.15, 0.2) is 0 Å². The average molecular weight is 178 g/mol. The molecule has 72 valence electrons. The van der Waals surface area contributed by atoms with Gasteiger partial charge in [0.1, 0.15) is 13.3 Å². The van der Waals surface area contributed by atoms with Gasteiger partial charge in [-0.05, 0) is 7.05 Å². The number of rotatable bonds is 5. The van der Waals surface area contributed by atoms with Crippen molar-refractivity contribution in [2.75, 3.05) is 46.6 Å². The Labute approximate surface area is 72.1 Å². The number of nitrogens with zero attached hydrogens (tertiary/aromatic N) is 2. The smallest absolute Gasteiger partial charge is 0.102 e. The lowest BCUT2D eigenvalue weighted by Gasteiger charge is -2.43. The summed E-state index contributed by atoms with van der Waals surface area (Å²) in [5.74, 6) is 0. The van der Waals surface area contributed by atoms with Crippen LogP contribution < -0.4 is 0 Å². The van der Waals surface area contributed by atoms with Crippen molar-refractivity contribution in [1.29, 1.82) is 0 Å². The Morgan fingerprint density at radius 3 is 2.08 bits per heavy atom. The van der Waals surface area contributed by atoms with Crippen LogP contribution in [0, 0.1) is 0 Å². The van der Waals surface area contributed by atoms with Gasteiger partial charge in [-0.3, -0.25) is 4.90 Å². The first kappa shape index (κ1) is 9.86. The summed E-state index contributed by atoms with van der Waals surface area (Å²) in [4.78, 5) is 4.04. The van der Waals surface area contributed by atoms with Crippen molar-refractivity contribution in [3.8, 4) is 0 Å². The van der Waals surface area contributed by atoms with E-state index in [1.807, 2.05) is 11.9 Å². The van der Waals surface area contributed by atoms with Crippen molar-refractivity contribution in [1.82, 2.24) is 9.80 Å². The van der Waals surface area contributed by atoms with Gasteiger partial charge in [0.25, 0.3) is 0 Å². The van der Waals surface area contributed by atoms with E-state index in [1.54, 1.807) is 0 Å². The predicted molar refractivity (Wildman–Crippen MR) is 44.8 cm³/mol. The minimum Gasteiger partial charge on any atom is -0.303 e. The molecule has 1 heterocycles. The highest BCUT2D eigenvalue weighted by molar-refractivity contribution is 4.85. The maximum atomic E-state index is 12.0. The molecule has 1 rings (SSSR count). The van der Waals surface area contributed by atoms with E-state index in [1.165, 1.54) is 0 Å². The summed E-state index contributed by atoms with van der Waals surface area (Å²) in [5, 5.41) is 0. The Kier molecular flexibility index (Phi) is 3.88. The molecule has 2 nitrogen and oxygen atoms in total. The van der Waals surface area contributed by atoms with Gasteiger partial charge < -0.3 is 4.90 Å². The molecule has 0 aromatic rings. The third-order valence-electron chi connectivity index (χ3n) is 2.30. The number of hydrogen-bond donors (Lipinski definition) is 0. The van der Waals surface area contributed by atoms with Gasteiger partial charge in [0, 0.05) is 32.2 Å². The molecule has 0 aromatic heterocycles. The lowest BCUT2D eigenvalue weighted by atomic mass is 10.1. The van der Waals surface area contributed by atoms with Crippen LogP contribution in [0.4, 0.5) is 8.78 Å². The molecule has 0 N–H and O–H groups in total. The highest BCUT2D eigenvalue weighted by Gasteiger charge is 2.28. The number of hydrogen-bond acceptors (Lipinski definition) is 2. The fourth-order valence-corrected chi connectivity index (χ4v) is 1.59. The second-order valence-electron chi connectivity index (χ2n) is 3.29. The zero-order valence-corrected chi connectivity index (χ0v) is 7.47. The third-order valence-corrected chi connectivity index (χ3v) is 2.30. The molecule has 1 fully saturated rings. The van der Waals surface area contributed by atoms with Crippen molar-refractivity contribution in [3.05, 3.63) is 0 Å². The van der Waals surface area contributed by atoms with Crippen LogP contribution in [0.5, 0.6) is 0 Å². The van der Waals surface area contributed by atoms with Crippen molar-refractivity contribution in [2.24, 2.45) is 0 Å². The lowest BCUT2D eigenvalue weighted by Crippen LogP contribution is -2.58. The fraction of sp³-hybridized carbons (Fsp3) is 1.00. The summed E-state index contributed by atoms with van der Waals surface area (Å²) < 4.78 is 24.0. The second kappa shape index (κ2) is 4.72. The van der Waals surface area contributed by atoms with Gasteiger partial charge >= 0.3 is 0 Å². The van der Waals surface area contributed by atoms with Crippen LogP contribution in [-0.4, -0.2) is 62.4 Å². The predicted octanol–water partition coefficient (Wildman–Crippen LogP) is 0.541. The van der Waals surface area contributed by atoms with Gasteiger partial charge in [0.2, 0.25) is 0 Å². The number of alkyl halides is 2. The Balaban J connectivity index is 2.22. The van der Waals surface area contributed by atoms with Crippen LogP contribution in [-0.2, 0) is 0 Å². The molecular weight excluding hydrogens is 162 g/mol. The van der Waals surface area contributed by atoms with E-state index in [4.69, 9.17) is 0 Å². The maximum Gasteiger partial charge on any atom is 0.102 e. The molecule has 0 atom stereocenters. The number of likely N-dealkylation sites (N-methyl/N-ethyl adjacent to an activating group) is 1. The summed E-state index contributed by atoms with van der Waals surface area (Å²) in [6, 6.07) is 0.376. The highest BCUT2D eigenvalue weighted by Crippen LogP contribution is 2.11.